The molecule has 2 rings (SSSR count). The third kappa shape index (κ3) is 3.01. The van der Waals surface area contributed by atoms with E-state index in [1.807, 2.05) is 0 Å². The Morgan fingerprint density at radius 2 is 1.18 bits per heavy atom. The monoisotopic (exact) mass is 411 g/mol. The maximum absolute atomic E-state index is 2.55. The number of halogens is 1. The van der Waals surface area contributed by atoms with Gasteiger partial charge in [-0.15, -0.1) is 12.4 Å². The first-order valence-corrected chi connectivity index (χ1v) is 12.3. The second-order valence-electron chi connectivity index (χ2n) is 7.38. The summed E-state index contributed by atoms with van der Waals surface area (Å²) in [7, 11) is -0.858. The second kappa shape index (κ2) is 7.08. The van der Waals surface area contributed by atoms with Gasteiger partial charge >= 0.3 is 148 Å². The van der Waals surface area contributed by atoms with Gasteiger partial charge in [0.05, 0.1) is 0 Å². The molecule has 0 fully saturated rings. The zero-order chi connectivity index (χ0) is 16.1. The van der Waals surface area contributed by atoms with E-state index in [1.165, 1.54) is 0 Å². The van der Waals surface area contributed by atoms with Crippen LogP contribution in [0.1, 0.15) is 41.5 Å². The fourth-order valence-corrected chi connectivity index (χ4v) is 8.53. The van der Waals surface area contributed by atoms with Crippen LogP contribution in [0.4, 0.5) is 0 Å². The van der Waals surface area contributed by atoms with Crippen molar-refractivity contribution in [1.82, 2.24) is 0 Å². The summed E-state index contributed by atoms with van der Waals surface area (Å²) in [6.07, 6.45) is 4.87. The van der Waals surface area contributed by atoms with Gasteiger partial charge < -0.3 is 0 Å². The van der Waals surface area contributed by atoms with Crippen LogP contribution in [-0.4, -0.2) is 8.80 Å². The SMILES string of the molecule is CC1=CC(C)=C([C]([Zr])(C2=C(C)C=C(C)C2C)[SiH](C)C)C1C.Cl. The van der Waals surface area contributed by atoms with E-state index in [0.717, 1.165) is 0 Å². The molecule has 0 bridgehead atoms. The molecule has 0 nitrogen and oxygen atoms in total. The first-order valence-electron chi connectivity index (χ1n) is 8.16. The average Bonchev–Trinajstić information content (AvgIpc) is 2.76. The molecule has 22 heavy (non-hydrogen) atoms. The maximum atomic E-state index is 2.55. The van der Waals surface area contributed by atoms with Crippen LogP contribution in [-0.2, 0) is 24.7 Å². The first-order chi connectivity index (χ1) is 9.62. The zero-order valence-corrected chi connectivity index (χ0v) is 19.7. The Morgan fingerprint density at radius 1 is 0.864 bits per heavy atom. The van der Waals surface area contributed by atoms with Crippen molar-refractivity contribution in [3.63, 3.8) is 0 Å². The van der Waals surface area contributed by atoms with Crippen molar-refractivity contribution in [2.24, 2.45) is 11.8 Å². The number of rotatable bonds is 3. The predicted octanol–water partition coefficient (Wildman–Crippen LogP) is 5.96. The van der Waals surface area contributed by atoms with Crippen LogP contribution >= 0.6 is 12.4 Å². The summed E-state index contributed by atoms with van der Waals surface area (Å²) in [5.74, 6) is 1.26. The Morgan fingerprint density at radius 3 is 1.36 bits per heavy atom. The molecule has 0 aromatic carbocycles. The van der Waals surface area contributed by atoms with Crippen molar-refractivity contribution in [1.29, 1.82) is 0 Å². The van der Waals surface area contributed by atoms with Crippen LogP contribution in [0.5, 0.6) is 0 Å². The summed E-state index contributed by atoms with van der Waals surface area (Å²) in [5.41, 5.74) is 9.72. The van der Waals surface area contributed by atoms with E-state index in [0.29, 0.717) is 14.6 Å². The van der Waals surface area contributed by atoms with Crippen molar-refractivity contribution in [3.05, 3.63) is 45.6 Å². The Bertz CT molecular complexity index is 547. The summed E-state index contributed by atoms with van der Waals surface area (Å²) in [5, 5.41) is 0. The molecule has 0 aliphatic heterocycles. The second-order valence-corrected chi connectivity index (χ2v) is 13.9. The molecule has 0 heterocycles. The van der Waals surface area contributed by atoms with E-state index >= 15 is 0 Å². The molecule has 2 aliphatic carbocycles. The van der Waals surface area contributed by atoms with Gasteiger partial charge in [-0.05, 0) is 0 Å². The van der Waals surface area contributed by atoms with Crippen LogP contribution < -0.4 is 0 Å². The zero-order valence-electron chi connectivity index (χ0n) is 15.3. The molecule has 0 N–H and O–H groups in total. The summed E-state index contributed by atoms with van der Waals surface area (Å²) >= 11 is 1.71. The third-order valence-corrected chi connectivity index (χ3v) is 13.6. The molecule has 0 amide bonds. The molecule has 0 saturated carbocycles. The summed E-state index contributed by atoms with van der Waals surface area (Å²) in [6, 6.07) is 0. The number of allylic oxidation sites excluding steroid dienone is 8. The van der Waals surface area contributed by atoms with Crippen molar-refractivity contribution >= 4 is 21.2 Å². The van der Waals surface area contributed by atoms with E-state index in [-0.39, 0.29) is 12.4 Å². The van der Waals surface area contributed by atoms with E-state index in [2.05, 4.69) is 66.8 Å². The van der Waals surface area contributed by atoms with Crippen molar-refractivity contribution in [3.8, 4) is 0 Å². The number of hydrogen-bond donors (Lipinski definition) is 0. The van der Waals surface area contributed by atoms with Gasteiger partial charge in [-0.25, -0.2) is 0 Å². The van der Waals surface area contributed by atoms with E-state index in [4.69, 9.17) is 0 Å². The minimum atomic E-state index is -0.858. The molecule has 2 aliphatic rings. The van der Waals surface area contributed by atoms with Gasteiger partial charge in [0.15, 0.2) is 0 Å². The van der Waals surface area contributed by atoms with Crippen molar-refractivity contribution < 1.29 is 24.7 Å². The molecule has 2 unspecified atom stereocenters. The van der Waals surface area contributed by atoms with Crippen LogP contribution in [0.3, 0.4) is 0 Å². The Labute approximate surface area is 160 Å². The molecule has 0 aromatic rings. The molecule has 121 valence electrons. The average molecular weight is 413 g/mol. The van der Waals surface area contributed by atoms with Crippen LogP contribution in [0.15, 0.2) is 45.6 Å². The van der Waals surface area contributed by atoms with Gasteiger partial charge in [-0.3, -0.25) is 0 Å². The molecular weight excluding hydrogens is 383 g/mol. The van der Waals surface area contributed by atoms with E-state index in [9.17, 15) is 0 Å². The third-order valence-electron chi connectivity index (χ3n) is 5.69. The fraction of sp³-hybridized carbons (Fsp3) is 0.579. The summed E-state index contributed by atoms with van der Waals surface area (Å²) in [6.45, 7) is 19.2. The quantitative estimate of drug-likeness (QED) is 0.501. The van der Waals surface area contributed by atoms with Crippen LogP contribution in [0.2, 0.25) is 15.8 Å². The topological polar surface area (TPSA) is 0 Å². The number of hydrogen-bond acceptors (Lipinski definition) is 0. The first kappa shape index (κ1) is 20.4. The van der Waals surface area contributed by atoms with Gasteiger partial charge in [0.2, 0.25) is 0 Å². The van der Waals surface area contributed by atoms with Gasteiger partial charge in [-0.2, -0.15) is 0 Å². The van der Waals surface area contributed by atoms with Crippen LogP contribution in [0, 0.1) is 11.8 Å². The normalized spacial score (nSPS) is 27.8. The molecular formula is C19H30ClSiZr. The fourth-order valence-electron chi connectivity index (χ4n) is 4.30. The largest absolute Gasteiger partial charge is 0.147 e. The molecule has 0 aromatic heterocycles. The van der Waals surface area contributed by atoms with Crippen molar-refractivity contribution in [2.75, 3.05) is 0 Å². The van der Waals surface area contributed by atoms with Gasteiger partial charge in [0.1, 0.15) is 0 Å². The minimum absolute atomic E-state index is 0. The minimum Gasteiger partial charge on any atom is -0.147 e. The predicted molar refractivity (Wildman–Crippen MR) is 100 cm³/mol. The Kier molecular flexibility index (Phi) is 6.56. The van der Waals surface area contributed by atoms with Gasteiger partial charge in [-0.1, -0.05) is 0 Å². The standard InChI is InChI=1S/C19H29Si.ClH.Zr/c1-11-9-13(3)17(15(11)5)19(20(7)8)18-14(4)10-12(2)16(18)6;;/h9-10,15-16,20H,1-8H3;1H;. The molecule has 3 heteroatoms. The smallest absolute Gasteiger partial charge is 0.147 e. The Hall–Kier alpha value is 0.350. The maximum Gasteiger partial charge on any atom is -0.147 e. The Balaban J connectivity index is 0.00000242. The van der Waals surface area contributed by atoms with E-state index < -0.39 is 8.80 Å². The molecule has 0 spiro atoms. The van der Waals surface area contributed by atoms with Crippen molar-refractivity contribution in [2.45, 2.75) is 57.4 Å². The molecule has 0 radical (unpaired) electrons. The van der Waals surface area contributed by atoms with Gasteiger partial charge in [0.25, 0.3) is 0 Å². The molecule has 2 atom stereocenters. The molecule has 0 saturated heterocycles. The van der Waals surface area contributed by atoms with E-state index in [1.54, 1.807) is 58.2 Å². The van der Waals surface area contributed by atoms with Crippen LogP contribution in [0.25, 0.3) is 0 Å². The summed E-state index contributed by atoms with van der Waals surface area (Å²) < 4.78 is 0.391. The summed E-state index contributed by atoms with van der Waals surface area (Å²) in [4.78, 5) is 0. The van der Waals surface area contributed by atoms with Gasteiger partial charge in [0, 0.05) is 0 Å².